The van der Waals surface area contributed by atoms with Crippen LogP contribution in [0.2, 0.25) is 0 Å². The van der Waals surface area contributed by atoms with Crippen LogP contribution in [0, 0.1) is 0 Å². The van der Waals surface area contributed by atoms with Gasteiger partial charge in [0.15, 0.2) is 6.61 Å². The third kappa shape index (κ3) is 3.74. The number of hydrogen-bond donors (Lipinski definition) is 1. The van der Waals surface area contributed by atoms with Crippen molar-refractivity contribution in [2.45, 2.75) is 32.8 Å². The van der Waals surface area contributed by atoms with E-state index in [1.165, 1.54) is 5.56 Å². The zero-order valence-corrected chi connectivity index (χ0v) is 14.1. The number of benzene rings is 2. The van der Waals surface area contributed by atoms with Crippen LogP contribution in [0.25, 0.3) is 11.5 Å². The third-order valence-electron chi connectivity index (χ3n) is 3.68. The summed E-state index contributed by atoms with van der Waals surface area (Å²) in [5.41, 5.74) is 8.60. The molecule has 24 heavy (non-hydrogen) atoms. The van der Waals surface area contributed by atoms with Gasteiger partial charge in [-0.25, -0.2) is 0 Å². The van der Waals surface area contributed by atoms with Crippen molar-refractivity contribution in [1.82, 2.24) is 10.2 Å². The second kappa shape index (κ2) is 6.35. The molecule has 0 saturated carbocycles. The summed E-state index contributed by atoms with van der Waals surface area (Å²) >= 11 is 0. The normalized spacial score (nSPS) is 11.5. The van der Waals surface area contributed by atoms with E-state index in [1.807, 2.05) is 30.3 Å². The molecule has 0 aliphatic heterocycles. The molecule has 3 rings (SSSR count). The zero-order chi connectivity index (χ0) is 17.2. The van der Waals surface area contributed by atoms with Gasteiger partial charge < -0.3 is 14.9 Å². The van der Waals surface area contributed by atoms with Gasteiger partial charge in [0.2, 0.25) is 5.89 Å². The standard InChI is InChI=1S/C19H21N3O2/c1-19(2,3)14-7-9-16(10-8-14)23-12-17-21-22-18(24-17)13-5-4-6-15(20)11-13/h4-11H,12,20H2,1-3H3. The lowest BCUT2D eigenvalue weighted by Crippen LogP contribution is -2.10. The SMILES string of the molecule is CC(C)(C)c1ccc(OCc2nnc(-c3cccc(N)c3)o2)cc1. The van der Waals surface area contributed by atoms with Crippen LogP contribution in [0.5, 0.6) is 5.75 Å². The predicted octanol–water partition coefficient (Wildman–Crippen LogP) is 4.20. The van der Waals surface area contributed by atoms with Gasteiger partial charge >= 0.3 is 0 Å². The number of nitrogens with two attached hydrogens (primary N) is 1. The third-order valence-corrected chi connectivity index (χ3v) is 3.68. The van der Waals surface area contributed by atoms with E-state index in [2.05, 4.69) is 43.1 Å². The Morgan fingerprint density at radius 1 is 1.04 bits per heavy atom. The predicted molar refractivity (Wildman–Crippen MR) is 93.6 cm³/mol. The Labute approximate surface area is 141 Å². The number of anilines is 1. The monoisotopic (exact) mass is 323 g/mol. The van der Waals surface area contributed by atoms with Crippen molar-refractivity contribution >= 4 is 5.69 Å². The highest BCUT2D eigenvalue weighted by Crippen LogP contribution is 2.25. The first-order valence-electron chi connectivity index (χ1n) is 7.83. The number of rotatable bonds is 4. The molecule has 0 unspecified atom stereocenters. The number of hydrogen-bond acceptors (Lipinski definition) is 5. The van der Waals surface area contributed by atoms with E-state index < -0.39 is 0 Å². The fourth-order valence-electron chi connectivity index (χ4n) is 2.30. The van der Waals surface area contributed by atoms with Gasteiger partial charge in [-0.1, -0.05) is 39.0 Å². The molecule has 1 aromatic heterocycles. The molecule has 5 nitrogen and oxygen atoms in total. The molecule has 0 atom stereocenters. The fraction of sp³-hybridized carbons (Fsp3) is 0.263. The van der Waals surface area contributed by atoms with Crippen molar-refractivity contribution in [2.75, 3.05) is 5.73 Å². The Bertz CT molecular complexity index is 817. The molecule has 0 radical (unpaired) electrons. The van der Waals surface area contributed by atoms with E-state index in [9.17, 15) is 0 Å². The van der Waals surface area contributed by atoms with Crippen LogP contribution >= 0.6 is 0 Å². The minimum atomic E-state index is 0.122. The first kappa shape index (κ1) is 16.1. The summed E-state index contributed by atoms with van der Waals surface area (Å²) in [4.78, 5) is 0. The van der Waals surface area contributed by atoms with Crippen molar-refractivity contribution in [1.29, 1.82) is 0 Å². The minimum absolute atomic E-state index is 0.122. The van der Waals surface area contributed by atoms with Gasteiger partial charge in [-0.05, 0) is 41.3 Å². The highest BCUT2D eigenvalue weighted by Gasteiger charge is 2.13. The molecule has 0 fully saturated rings. The van der Waals surface area contributed by atoms with Crippen molar-refractivity contribution in [3.8, 4) is 17.2 Å². The molecular formula is C19H21N3O2. The Kier molecular flexibility index (Phi) is 4.25. The lowest BCUT2D eigenvalue weighted by atomic mass is 9.87. The first-order chi connectivity index (χ1) is 11.4. The van der Waals surface area contributed by atoms with E-state index in [0.717, 1.165) is 11.3 Å². The Balaban J connectivity index is 1.65. The smallest absolute Gasteiger partial charge is 0.254 e. The van der Waals surface area contributed by atoms with Gasteiger partial charge in [-0.2, -0.15) is 0 Å². The van der Waals surface area contributed by atoms with Crippen LogP contribution < -0.4 is 10.5 Å². The van der Waals surface area contributed by atoms with Crippen LogP contribution in [-0.2, 0) is 12.0 Å². The van der Waals surface area contributed by atoms with Crippen LogP contribution in [0.15, 0.2) is 52.9 Å². The molecule has 1 heterocycles. The van der Waals surface area contributed by atoms with Gasteiger partial charge in [-0.15, -0.1) is 10.2 Å². The molecule has 0 aliphatic carbocycles. The summed E-state index contributed by atoms with van der Waals surface area (Å²) in [6.07, 6.45) is 0. The van der Waals surface area contributed by atoms with Crippen LogP contribution in [0.3, 0.4) is 0 Å². The van der Waals surface area contributed by atoms with E-state index in [4.69, 9.17) is 14.9 Å². The topological polar surface area (TPSA) is 74.2 Å². The summed E-state index contributed by atoms with van der Waals surface area (Å²) in [5, 5.41) is 8.05. The number of aromatic nitrogens is 2. The highest BCUT2D eigenvalue weighted by molar-refractivity contribution is 5.59. The molecule has 0 amide bonds. The molecule has 0 spiro atoms. The van der Waals surface area contributed by atoms with Crippen molar-refractivity contribution < 1.29 is 9.15 Å². The van der Waals surface area contributed by atoms with Gasteiger partial charge in [0, 0.05) is 11.3 Å². The van der Waals surface area contributed by atoms with E-state index >= 15 is 0 Å². The van der Waals surface area contributed by atoms with Crippen LogP contribution in [-0.4, -0.2) is 10.2 Å². The van der Waals surface area contributed by atoms with Gasteiger partial charge in [0.05, 0.1) is 0 Å². The lowest BCUT2D eigenvalue weighted by Gasteiger charge is -2.19. The number of nitrogens with zero attached hydrogens (tertiary/aromatic N) is 2. The summed E-state index contributed by atoms with van der Waals surface area (Å²) in [6.45, 7) is 6.77. The Hall–Kier alpha value is -2.82. The highest BCUT2D eigenvalue weighted by atomic mass is 16.5. The number of ether oxygens (including phenoxy) is 1. The maximum absolute atomic E-state index is 5.77. The van der Waals surface area contributed by atoms with Crippen LogP contribution in [0.1, 0.15) is 32.2 Å². The van der Waals surface area contributed by atoms with Crippen molar-refractivity contribution in [3.05, 3.63) is 60.0 Å². The van der Waals surface area contributed by atoms with Gasteiger partial charge in [0.25, 0.3) is 5.89 Å². The van der Waals surface area contributed by atoms with E-state index in [-0.39, 0.29) is 12.0 Å². The van der Waals surface area contributed by atoms with E-state index in [1.54, 1.807) is 6.07 Å². The fourth-order valence-corrected chi connectivity index (χ4v) is 2.30. The molecular weight excluding hydrogens is 302 g/mol. The maximum atomic E-state index is 5.77. The minimum Gasteiger partial charge on any atom is -0.484 e. The summed E-state index contributed by atoms with van der Waals surface area (Å²) in [5.74, 6) is 1.63. The average molecular weight is 323 g/mol. The maximum Gasteiger partial charge on any atom is 0.254 e. The summed E-state index contributed by atoms with van der Waals surface area (Å²) in [7, 11) is 0. The summed E-state index contributed by atoms with van der Waals surface area (Å²) in [6, 6.07) is 15.4. The van der Waals surface area contributed by atoms with Crippen molar-refractivity contribution in [3.63, 3.8) is 0 Å². The molecule has 0 saturated heterocycles. The molecule has 124 valence electrons. The Morgan fingerprint density at radius 2 is 1.79 bits per heavy atom. The van der Waals surface area contributed by atoms with Crippen LogP contribution in [0.4, 0.5) is 5.69 Å². The first-order valence-corrected chi connectivity index (χ1v) is 7.83. The molecule has 2 N–H and O–H groups in total. The largest absolute Gasteiger partial charge is 0.484 e. The molecule has 5 heteroatoms. The Morgan fingerprint density at radius 3 is 2.46 bits per heavy atom. The second-order valence-corrected chi connectivity index (χ2v) is 6.69. The molecule has 2 aromatic carbocycles. The average Bonchev–Trinajstić information content (AvgIpc) is 3.01. The molecule has 0 bridgehead atoms. The number of nitrogen functional groups attached to an aromatic ring is 1. The van der Waals surface area contributed by atoms with Gasteiger partial charge in [-0.3, -0.25) is 0 Å². The lowest BCUT2D eigenvalue weighted by molar-refractivity contribution is 0.264. The van der Waals surface area contributed by atoms with Gasteiger partial charge in [0.1, 0.15) is 5.75 Å². The van der Waals surface area contributed by atoms with E-state index in [0.29, 0.717) is 17.5 Å². The van der Waals surface area contributed by atoms with Crippen molar-refractivity contribution in [2.24, 2.45) is 0 Å². The second-order valence-electron chi connectivity index (χ2n) is 6.69. The molecule has 3 aromatic rings. The quantitative estimate of drug-likeness (QED) is 0.729. The molecule has 0 aliphatic rings. The zero-order valence-electron chi connectivity index (χ0n) is 14.1. The summed E-state index contributed by atoms with van der Waals surface area (Å²) < 4.78 is 11.3.